The largest absolute Gasteiger partial charge is 0.480 e. The van der Waals surface area contributed by atoms with Gasteiger partial charge < -0.3 is 9.84 Å². The number of carbonyl (C=O) groups is 1. The third-order valence-electron chi connectivity index (χ3n) is 3.77. The minimum Gasteiger partial charge on any atom is -0.480 e. The van der Waals surface area contributed by atoms with Crippen molar-refractivity contribution in [3.63, 3.8) is 0 Å². The molecule has 1 heterocycles. The maximum atomic E-state index is 13.3. The summed E-state index contributed by atoms with van der Waals surface area (Å²) in [7, 11) is 1.78. The fourth-order valence-electron chi connectivity index (χ4n) is 2.74. The van der Waals surface area contributed by atoms with Gasteiger partial charge in [0.25, 0.3) is 0 Å². The van der Waals surface area contributed by atoms with Gasteiger partial charge in [-0.2, -0.15) is 0 Å². The average Bonchev–Trinajstić information content (AvgIpc) is 2.42. The highest BCUT2D eigenvalue weighted by atomic mass is 19.1. The molecule has 1 unspecified atom stereocenters. The number of rotatable bonds is 6. The minimum absolute atomic E-state index is 0.000328. The lowest BCUT2D eigenvalue weighted by molar-refractivity contribution is -0.138. The SMILES string of the molecule is Cc1cc(CN2CCOC(CN(C)CC(=O)O)C2)ccc1F. The number of hydrogen-bond acceptors (Lipinski definition) is 4. The molecule has 5 nitrogen and oxygen atoms in total. The molecule has 1 N–H and O–H groups in total. The van der Waals surface area contributed by atoms with E-state index in [-0.39, 0.29) is 18.5 Å². The van der Waals surface area contributed by atoms with E-state index in [9.17, 15) is 9.18 Å². The third-order valence-corrected chi connectivity index (χ3v) is 3.77. The second kappa shape index (κ2) is 7.67. The van der Waals surface area contributed by atoms with Gasteiger partial charge in [-0.1, -0.05) is 12.1 Å². The molecule has 1 fully saturated rings. The van der Waals surface area contributed by atoms with E-state index in [1.165, 1.54) is 6.07 Å². The van der Waals surface area contributed by atoms with Gasteiger partial charge in [0, 0.05) is 26.2 Å². The summed E-state index contributed by atoms with van der Waals surface area (Å²) < 4.78 is 19.0. The van der Waals surface area contributed by atoms with Gasteiger partial charge in [0.1, 0.15) is 5.82 Å². The molecule has 6 heteroatoms. The maximum Gasteiger partial charge on any atom is 0.317 e. The predicted octanol–water partition coefficient (Wildman–Crippen LogP) is 1.35. The first-order valence-electron chi connectivity index (χ1n) is 7.43. The van der Waals surface area contributed by atoms with Crippen molar-refractivity contribution in [3.05, 3.63) is 35.1 Å². The van der Waals surface area contributed by atoms with Crippen molar-refractivity contribution in [3.8, 4) is 0 Å². The van der Waals surface area contributed by atoms with Crippen molar-refractivity contribution in [1.82, 2.24) is 9.80 Å². The Morgan fingerprint density at radius 3 is 3.00 bits per heavy atom. The molecule has 1 saturated heterocycles. The van der Waals surface area contributed by atoms with E-state index in [1.54, 1.807) is 18.9 Å². The van der Waals surface area contributed by atoms with Gasteiger partial charge in [0.2, 0.25) is 0 Å². The molecular formula is C16H23FN2O3. The van der Waals surface area contributed by atoms with Gasteiger partial charge in [-0.3, -0.25) is 14.6 Å². The second-order valence-electron chi connectivity index (χ2n) is 5.90. The average molecular weight is 310 g/mol. The summed E-state index contributed by atoms with van der Waals surface area (Å²) in [5.74, 6) is -1.02. The number of hydrogen-bond donors (Lipinski definition) is 1. The zero-order valence-electron chi connectivity index (χ0n) is 13.1. The Morgan fingerprint density at radius 1 is 1.55 bits per heavy atom. The van der Waals surface area contributed by atoms with Gasteiger partial charge in [-0.25, -0.2) is 4.39 Å². The monoisotopic (exact) mass is 310 g/mol. The van der Waals surface area contributed by atoms with Crippen LogP contribution < -0.4 is 0 Å². The number of nitrogens with zero attached hydrogens (tertiary/aromatic N) is 2. The van der Waals surface area contributed by atoms with Gasteiger partial charge in [0.05, 0.1) is 19.3 Å². The summed E-state index contributed by atoms with van der Waals surface area (Å²) in [5.41, 5.74) is 1.74. The lowest BCUT2D eigenvalue weighted by atomic mass is 10.1. The number of carboxylic acid groups (broad SMARTS) is 1. The molecule has 0 radical (unpaired) electrons. The van der Waals surface area contributed by atoms with Crippen molar-refractivity contribution < 1.29 is 19.0 Å². The van der Waals surface area contributed by atoms with Crippen LogP contribution in [0.3, 0.4) is 0 Å². The first-order chi connectivity index (χ1) is 10.4. The summed E-state index contributed by atoms with van der Waals surface area (Å²) >= 11 is 0. The number of likely N-dealkylation sites (N-methyl/N-ethyl adjacent to an activating group) is 1. The highest BCUT2D eigenvalue weighted by Gasteiger charge is 2.22. The number of morpholine rings is 1. The molecule has 1 aliphatic rings. The van der Waals surface area contributed by atoms with Gasteiger partial charge >= 0.3 is 5.97 Å². The van der Waals surface area contributed by atoms with E-state index in [4.69, 9.17) is 9.84 Å². The Bertz CT molecular complexity index is 524. The standard InChI is InChI=1S/C16H23FN2O3/c1-12-7-13(3-4-15(12)17)8-19-5-6-22-14(10-19)9-18(2)11-16(20)21/h3-4,7,14H,5-6,8-11H2,1-2H3,(H,20,21). The van der Waals surface area contributed by atoms with E-state index < -0.39 is 5.97 Å². The Hall–Kier alpha value is -1.50. The normalized spacial score (nSPS) is 19.5. The second-order valence-corrected chi connectivity index (χ2v) is 5.90. The van der Waals surface area contributed by atoms with Crippen molar-refractivity contribution in [2.45, 2.75) is 19.6 Å². The lowest BCUT2D eigenvalue weighted by Gasteiger charge is -2.34. The Labute approximate surface area is 130 Å². The highest BCUT2D eigenvalue weighted by molar-refractivity contribution is 5.69. The van der Waals surface area contributed by atoms with Crippen LogP contribution in [0.1, 0.15) is 11.1 Å². The smallest absolute Gasteiger partial charge is 0.317 e. The fraction of sp³-hybridized carbons (Fsp3) is 0.562. The van der Waals surface area contributed by atoms with Crippen molar-refractivity contribution >= 4 is 5.97 Å². The molecular weight excluding hydrogens is 287 g/mol. The zero-order chi connectivity index (χ0) is 16.1. The summed E-state index contributed by atoms with van der Waals surface area (Å²) in [6.45, 7) is 5.33. The number of ether oxygens (including phenoxy) is 1. The Morgan fingerprint density at radius 2 is 2.32 bits per heavy atom. The topological polar surface area (TPSA) is 53.0 Å². The van der Waals surface area contributed by atoms with Crippen LogP contribution in [-0.4, -0.2) is 66.8 Å². The van der Waals surface area contributed by atoms with Crippen LogP contribution in [0, 0.1) is 12.7 Å². The number of carboxylic acids is 1. The predicted molar refractivity (Wildman–Crippen MR) is 81.3 cm³/mol. The van der Waals surface area contributed by atoms with Crippen LogP contribution >= 0.6 is 0 Å². The van der Waals surface area contributed by atoms with Crippen molar-refractivity contribution in [1.29, 1.82) is 0 Å². The molecule has 122 valence electrons. The number of aryl methyl sites for hydroxylation is 1. The van der Waals surface area contributed by atoms with Crippen molar-refractivity contribution in [2.75, 3.05) is 39.8 Å². The van der Waals surface area contributed by atoms with E-state index in [1.807, 2.05) is 12.1 Å². The molecule has 1 aliphatic heterocycles. The molecule has 0 saturated carbocycles. The molecule has 0 amide bonds. The molecule has 0 bridgehead atoms. The molecule has 0 spiro atoms. The first kappa shape index (κ1) is 16.9. The molecule has 0 aromatic heterocycles. The number of aliphatic carboxylic acids is 1. The van der Waals surface area contributed by atoms with E-state index >= 15 is 0 Å². The van der Waals surface area contributed by atoms with Crippen LogP contribution in [0.5, 0.6) is 0 Å². The van der Waals surface area contributed by atoms with E-state index in [2.05, 4.69) is 4.90 Å². The molecule has 22 heavy (non-hydrogen) atoms. The summed E-state index contributed by atoms with van der Waals surface area (Å²) in [6.07, 6.45) is -0.000328. The maximum absolute atomic E-state index is 13.3. The summed E-state index contributed by atoms with van der Waals surface area (Å²) in [5, 5.41) is 8.79. The quantitative estimate of drug-likeness (QED) is 0.859. The van der Waals surface area contributed by atoms with Gasteiger partial charge in [0.15, 0.2) is 0 Å². The van der Waals surface area contributed by atoms with E-state index in [0.29, 0.717) is 18.7 Å². The van der Waals surface area contributed by atoms with Crippen molar-refractivity contribution in [2.24, 2.45) is 0 Å². The summed E-state index contributed by atoms with van der Waals surface area (Å²) in [4.78, 5) is 14.7. The molecule has 1 aromatic carbocycles. The molecule has 2 rings (SSSR count). The minimum atomic E-state index is -0.836. The van der Waals surface area contributed by atoms with Gasteiger partial charge in [-0.15, -0.1) is 0 Å². The first-order valence-corrected chi connectivity index (χ1v) is 7.43. The van der Waals surface area contributed by atoms with Crippen LogP contribution in [0.25, 0.3) is 0 Å². The summed E-state index contributed by atoms with van der Waals surface area (Å²) in [6, 6.07) is 5.18. The van der Waals surface area contributed by atoms with Crippen LogP contribution in [0.4, 0.5) is 4.39 Å². The van der Waals surface area contributed by atoms with E-state index in [0.717, 1.165) is 25.2 Å². The Balaban J connectivity index is 1.87. The molecule has 1 aromatic rings. The fourth-order valence-corrected chi connectivity index (χ4v) is 2.74. The van der Waals surface area contributed by atoms with Gasteiger partial charge in [-0.05, 0) is 31.2 Å². The lowest BCUT2D eigenvalue weighted by Crippen LogP contribution is -2.47. The van der Waals surface area contributed by atoms with Crippen LogP contribution in [0.2, 0.25) is 0 Å². The Kier molecular flexibility index (Phi) is 5.88. The third kappa shape index (κ3) is 5.05. The molecule has 0 aliphatic carbocycles. The number of halogens is 1. The highest BCUT2D eigenvalue weighted by Crippen LogP contribution is 2.14. The number of benzene rings is 1. The molecule has 1 atom stereocenters. The van der Waals surface area contributed by atoms with Crippen LogP contribution in [-0.2, 0) is 16.1 Å². The van der Waals surface area contributed by atoms with Crippen LogP contribution in [0.15, 0.2) is 18.2 Å². The zero-order valence-corrected chi connectivity index (χ0v) is 13.1.